The number of carbonyl (C=O) groups is 1. The lowest BCUT2D eigenvalue weighted by Crippen LogP contribution is -2.50. The minimum Gasteiger partial charge on any atom is -0.487 e. The van der Waals surface area contributed by atoms with Crippen LogP contribution in [0.1, 0.15) is 57.9 Å². The number of likely N-dealkylation sites (N-methyl/N-ethyl adjacent to an activating group) is 1. The van der Waals surface area contributed by atoms with Crippen molar-refractivity contribution < 1.29 is 23.1 Å². The zero-order chi connectivity index (χ0) is 24.5. The van der Waals surface area contributed by atoms with Crippen LogP contribution in [0, 0.1) is 29.6 Å². The zero-order valence-corrected chi connectivity index (χ0v) is 21.2. The lowest BCUT2D eigenvalue weighted by molar-refractivity contribution is -0.132. The average Bonchev–Trinajstić information content (AvgIpc) is 3.53. The third-order valence-corrected chi connectivity index (χ3v) is 9.22. The fourth-order valence-corrected chi connectivity index (χ4v) is 6.60. The van der Waals surface area contributed by atoms with Crippen LogP contribution in [0.4, 0.5) is 0 Å². The van der Waals surface area contributed by atoms with Crippen LogP contribution in [0.3, 0.4) is 0 Å². The maximum absolute atomic E-state index is 13.6. The summed E-state index contributed by atoms with van der Waals surface area (Å²) in [6.45, 7) is 3.92. The second-order valence-electron chi connectivity index (χ2n) is 10.1. The minimum absolute atomic E-state index is 0.0762. The van der Waals surface area contributed by atoms with E-state index in [-0.39, 0.29) is 41.5 Å². The van der Waals surface area contributed by atoms with Crippen molar-refractivity contribution >= 4 is 15.9 Å². The largest absolute Gasteiger partial charge is 0.487 e. The molecule has 2 fully saturated rings. The van der Waals surface area contributed by atoms with Gasteiger partial charge in [-0.2, -0.15) is 4.31 Å². The molecule has 0 spiro atoms. The summed E-state index contributed by atoms with van der Waals surface area (Å²) in [6.07, 6.45) is 6.09. The molecule has 7 nitrogen and oxygen atoms in total. The third-order valence-electron chi connectivity index (χ3n) is 7.20. The van der Waals surface area contributed by atoms with E-state index in [0.29, 0.717) is 12.5 Å². The molecule has 1 aliphatic heterocycles. The standard InChI is InChI=1S/C26H36N2O5S/c1-18-15-28(19(2)17-29)34(31,32)25-13-10-21(9-8-20-6-4-5-7-20)14-23(25)33-24(18)16-27(3)26(30)22-11-12-22/h10,13-14,18-20,22,24,29H,4-7,11-12,15-17H2,1-3H3/t18-,19-,24-/m1/s1. The molecule has 0 unspecified atom stereocenters. The first-order chi connectivity index (χ1) is 16.2. The summed E-state index contributed by atoms with van der Waals surface area (Å²) in [7, 11) is -2.10. The van der Waals surface area contributed by atoms with Gasteiger partial charge in [-0.15, -0.1) is 0 Å². The van der Waals surface area contributed by atoms with E-state index in [9.17, 15) is 18.3 Å². The molecule has 1 aromatic rings. The molecular formula is C26H36N2O5S. The highest BCUT2D eigenvalue weighted by Gasteiger charge is 2.39. The van der Waals surface area contributed by atoms with Gasteiger partial charge in [-0.05, 0) is 50.8 Å². The lowest BCUT2D eigenvalue weighted by atomic mass is 10.0. The highest BCUT2D eigenvalue weighted by Crippen LogP contribution is 2.35. The van der Waals surface area contributed by atoms with Gasteiger partial charge < -0.3 is 14.7 Å². The smallest absolute Gasteiger partial charge is 0.247 e. The van der Waals surface area contributed by atoms with Crippen molar-refractivity contribution in [3.05, 3.63) is 23.8 Å². The molecule has 8 heteroatoms. The topological polar surface area (TPSA) is 87.2 Å². The number of hydrogen-bond donors (Lipinski definition) is 1. The second kappa shape index (κ2) is 10.3. The average molecular weight is 489 g/mol. The maximum Gasteiger partial charge on any atom is 0.247 e. The molecule has 3 aliphatic rings. The number of rotatable bonds is 5. The Morgan fingerprint density at radius 3 is 2.62 bits per heavy atom. The van der Waals surface area contributed by atoms with Gasteiger partial charge in [0, 0.05) is 43.0 Å². The molecule has 4 rings (SSSR count). The SMILES string of the molecule is C[C@@H]1CN([C@H](C)CO)S(=O)(=O)c2ccc(C#CC3CCCC3)cc2O[C@@H]1CN(C)C(=O)C1CC1. The van der Waals surface area contributed by atoms with Gasteiger partial charge in [0.05, 0.1) is 13.2 Å². The van der Waals surface area contributed by atoms with Crippen LogP contribution < -0.4 is 4.74 Å². The van der Waals surface area contributed by atoms with Gasteiger partial charge in [-0.3, -0.25) is 4.79 Å². The summed E-state index contributed by atoms with van der Waals surface area (Å²) in [5.41, 5.74) is 0.719. The van der Waals surface area contributed by atoms with Crippen molar-refractivity contribution in [2.24, 2.45) is 17.8 Å². The predicted octanol–water partition coefficient (Wildman–Crippen LogP) is 2.87. The van der Waals surface area contributed by atoms with Crippen LogP contribution in [0.15, 0.2) is 23.1 Å². The first-order valence-corrected chi connectivity index (χ1v) is 13.8. The van der Waals surface area contributed by atoms with E-state index in [4.69, 9.17) is 4.74 Å². The van der Waals surface area contributed by atoms with E-state index < -0.39 is 22.2 Å². The van der Waals surface area contributed by atoms with Crippen molar-refractivity contribution in [3.8, 4) is 17.6 Å². The van der Waals surface area contributed by atoms with Crippen molar-refractivity contribution in [1.82, 2.24) is 9.21 Å². The van der Waals surface area contributed by atoms with E-state index in [1.54, 1.807) is 37.1 Å². The second-order valence-corrected chi connectivity index (χ2v) is 12.0. The number of sulfonamides is 1. The molecule has 0 aromatic heterocycles. The normalized spacial score (nSPS) is 25.8. The van der Waals surface area contributed by atoms with Gasteiger partial charge in [0.15, 0.2) is 0 Å². The van der Waals surface area contributed by atoms with Gasteiger partial charge in [0.2, 0.25) is 15.9 Å². The van der Waals surface area contributed by atoms with Gasteiger partial charge >= 0.3 is 0 Å². The van der Waals surface area contributed by atoms with Crippen LogP contribution in [-0.4, -0.2) is 67.5 Å². The van der Waals surface area contributed by atoms with Crippen LogP contribution >= 0.6 is 0 Å². The van der Waals surface area contributed by atoms with Gasteiger partial charge in [0.1, 0.15) is 16.7 Å². The van der Waals surface area contributed by atoms with Crippen molar-refractivity contribution in [1.29, 1.82) is 0 Å². The Labute approximate surface area is 203 Å². The molecule has 186 valence electrons. The van der Waals surface area contributed by atoms with E-state index in [0.717, 1.165) is 31.2 Å². The quantitative estimate of drug-likeness (QED) is 0.644. The number of ether oxygens (including phenoxy) is 1. The molecule has 2 aliphatic carbocycles. The maximum atomic E-state index is 13.6. The first-order valence-electron chi connectivity index (χ1n) is 12.4. The fraction of sp³-hybridized carbons (Fsp3) is 0.654. The number of hydrogen-bond acceptors (Lipinski definition) is 5. The minimum atomic E-state index is -3.89. The summed E-state index contributed by atoms with van der Waals surface area (Å²) in [5.74, 6) is 7.21. The highest BCUT2D eigenvalue weighted by molar-refractivity contribution is 7.89. The molecular weight excluding hydrogens is 452 g/mol. The van der Waals surface area contributed by atoms with E-state index in [2.05, 4.69) is 11.8 Å². The van der Waals surface area contributed by atoms with E-state index >= 15 is 0 Å². The van der Waals surface area contributed by atoms with Gasteiger partial charge in [0.25, 0.3) is 0 Å². The molecule has 1 N–H and O–H groups in total. The van der Waals surface area contributed by atoms with Crippen molar-refractivity contribution in [2.45, 2.75) is 69.4 Å². The lowest BCUT2D eigenvalue weighted by Gasteiger charge is -2.37. The summed E-state index contributed by atoms with van der Waals surface area (Å²) in [6, 6.07) is 4.43. The predicted molar refractivity (Wildman–Crippen MR) is 130 cm³/mol. The van der Waals surface area contributed by atoms with Gasteiger partial charge in [-0.25, -0.2) is 8.42 Å². The van der Waals surface area contributed by atoms with E-state index in [1.165, 1.54) is 17.1 Å². The molecule has 0 saturated heterocycles. The Hall–Kier alpha value is -2.08. The van der Waals surface area contributed by atoms with Crippen LogP contribution in [-0.2, 0) is 14.8 Å². The molecule has 3 atom stereocenters. The summed E-state index contributed by atoms with van der Waals surface area (Å²) >= 11 is 0. The number of aliphatic hydroxyl groups excluding tert-OH is 1. The Kier molecular flexibility index (Phi) is 7.56. The van der Waals surface area contributed by atoms with Crippen molar-refractivity contribution in [3.63, 3.8) is 0 Å². The highest BCUT2D eigenvalue weighted by atomic mass is 32.2. The fourth-order valence-electron chi connectivity index (χ4n) is 4.78. The number of carbonyl (C=O) groups excluding carboxylic acids is 1. The molecule has 2 saturated carbocycles. The van der Waals surface area contributed by atoms with Crippen molar-refractivity contribution in [2.75, 3.05) is 26.7 Å². The monoisotopic (exact) mass is 488 g/mol. The number of amides is 1. The number of nitrogens with zero attached hydrogens (tertiary/aromatic N) is 2. The first kappa shape index (κ1) is 25.0. The number of benzene rings is 1. The van der Waals surface area contributed by atoms with E-state index in [1.807, 2.05) is 6.92 Å². The summed E-state index contributed by atoms with van der Waals surface area (Å²) < 4.78 is 34.9. The molecule has 1 heterocycles. The molecule has 0 bridgehead atoms. The summed E-state index contributed by atoms with van der Waals surface area (Å²) in [5, 5.41) is 9.78. The Morgan fingerprint density at radius 1 is 1.26 bits per heavy atom. The molecule has 34 heavy (non-hydrogen) atoms. The number of fused-ring (bicyclic) bond motifs is 1. The van der Waals surface area contributed by atoms with Gasteiger partial charge in [-0.1, -0.05) is 31.6 Å². The molecule has 0 radical (unpaired) electrons. The van der Waals surface area contributed by atoms with Crippen LogP contribution in [0.5, 0.6) is 5.75 Å². The van der Waals surface area contributed by atoms with Crippen LogP contribution in [0.25, 0.3) is 0 Å². The summed E-state index contributed by atoms with van der Waals surface area (Å²) in [4.78, 5) is 14.4. The zero-order valence-electron chi connectivity index (χ0n) is 20.4. The Morgan fingerprint density at radius 2 is 1.97 bits per heavy atom. The molecule has 1 aromatic carbocycles. The third kappa shape index (κ3) is 5.42. The molecule has 1 amide bonds. The Bertz CT molecular complexity index is 1070. The van der Waals surface area contributed by atoms with Crippen LogP contribution in [0.2, 0.25) is 0 Å². The number of aliphatic hydroxyl groups is 1. The Balaban J connectivity index is 1.69.